The third-order valence-corrected chi connectivity index (χ3v) is 2.74. The van der Waals surface area contributed by atoms with Crippen LogP contribution in [0, 0.1) is 0 Å². The molecule has 1 aromatic rings. The Morgan fingerprint density at radius 3 is 2.72 bits per heavy atom. The molecule has 2 rings (SSSR count). The number of nitrogens with one attached hydrogen (secondary N) is 1. The van der Waals surface area contributed by atoms with Gasteiger partial charge < -0.3 is 14.2 Å². The average Bonchev–Trinajstić information content (AvgIpc) is 2.61. The van der Waals surface area contributed by atoms with Gasteiger partial charge in [-0.15, -0.1) is 0 Å². The van der Waals surface area contributed by atoms with E-state index in [1.807, 2.05) is 0 Å². The lowest BCUT2D eigenvalue weighted by molar-refractivity contribution is 0.0878. The van der Waals surface area contributed by atoms with Crippen LogP contribution in [0.2, 0.25) is 0 Å². The molecule has 7 nitrogen and oxygen atoms in total. The zero-order chi connectivity index (χ0) is 13.1. The van der Waals surface area contributed by atoms with Gasteiger partial charge in [0.05, 0.1) is 17.7 Å². The zero-order valence-electron chi connectivity index (χ0n) is 9.13. The van der Waals surface area contributed by atoms with Crippen molar-refractivity contribution in [3.63, 3.8) is 0 Å². The Morgan fingerprint density at radius 1 is 1.22 bits per heavy atom. The van der Waals surface area contributed by atoms with Crippen LogP contribution in [0.4, 0.5) is 0 Å². The Hall–Kier alpha value is -1.69. The van der Waals surface area contributed by atoms with Crippen LogP contribution < -0.4 is 10.1 Å². The molecule has 0 aliphatic carbocycles. The first kappa shape index (κ1) is 12.8. The smallest absolute Gasteiger partial charge is 0.316 e. The van der Waals surface area contributed by atoms with Crippen LogP contribution in [-0.2, 0) is 9.09 Å². The summed E-state index contributed by atoms with van der Waals surface area (Å²) < 4.78 is 20.0. The van der Waals surface area contributed by atoms with Crippen molar-refractivity contribution in [2.24, 2.45) is 0 Å². The second-order valence-corrected chi connectivity index (χ2v) is 4.25. The number of hydrogen-bond donors (Lipinski definition) is 2. The Labute approximate surface area is 103 Å². The predicted molar refractivity (Wildman–Crippen MR) is 60.9 cm³/mol. The number of amides is 2. The maximum atomic E-state index is 11.5. The van der Waals surface area contributed by atoms with Gasteiger partial charge in [0.15, 0.2) is 0 Å². The van der Waals surface area contributed by atoms with Crippen molar-refractivity contribution in [3.8, 4) is 5.75 Å². The number of carbonyl (C=O) groups excluding carboxylic acids is 2. The lowest BCUT2D eigenvalue weighted by atomic mass is 10.1. The third-order valence-electron chi connectivity index (χ3n) is 2.29. The Morgan fingerprint density at radius 2 is 2.00 bits per heavy atom. The van der Waals surface area contributed by atoms with E-state index >= 15 is 0 Å². The van der Waals surface area contributed by atoms with Crippen LogP contribution in [0.5, 0.6) is 5.75 Å². The first-order valence-corrected chi connectivity index (χ1v) is 6.33. The van der Waals surface area contributed by atoms with Gasteiger partial charge in [-0.2, -0.15) is 0 Å². The van der Waals surface area contributed by atoms with Gasteiger partial charge in [-0.1, -0.05) is 6.07 Å². The molecule has 1 aliphatic heterocycles. The molecular weight excluding hydrogens is 261 g/mol. The van der Waals surface area contributed by atoms with Crippen LogP contribution in [-0.4, -0.2) is 29.9 Å². The highest BCUT2D eigenvalue weighted by Crippen LogP contribution is 2.26. The normalized spacial score (nSPS) is 15.2. The fraction of sp³-hybridized carbons (Fsp3) is 0.200. The zero-order valence-corrected chi connectivity index (χ0v) is 10.1. The van der Waals surface area contributed by atoms with Crippen LogP contribution in [0.15, 0.2) is 18.2 Å². The van der Waals surface area contributed by atoms with E-state index in [1.54, 1.807) is 12.1 Å². The van der Waals surface area contributed by atoms with Gasteiger partial charge >= 0.3 is 8.25 Å². The second-order valence-electron chi connectivity index (χ2n) is 3.42. The molecule has 96 valence electrons. The molecule has 2 N–H and O–H groups in total. The van der Waals surface area contributed by atoms with E-state index in [0.717, 1.165) is 0 Å². The van der Waals surface area contributed by atoms with E-state index in [-0.39, 0.29) is 30.1 Å². The fourth-order valence-electron chi connectivity index (χ4n) is 1.59. The van der Waals surface area contributed by atoms with E-state index in [4.69, 9.17) is 9.63 Å². The van der Waals surface area contributed by atoms with E-state index in [0.29, 0.717) is 0 Å². The minimum absolute atomic E-state index is 0.00882. The van der Waals surface area contributed by atoms with Gasteiger partial charge in [0.25, 0.3) is 11.8 Å². The standard InChI is InChI=1S/C10H10NO6P/c12-9-6-2-1-3-7(8(6)10(13)11-9)16-4-5-17-18(14)15/h1-3,18H,4-5H2,(H,14,15)(H,11,12,13). The summed E-state index contributed by atoms with van der Waals surface area (Å²) in [6.07, 6.45) is 0. The molecule has 8 heteroatoms. The number of benzene rings is 1. The molecule has 0 bridgehead atoms. The van der Waals surface area contributed by atoms with E-state index in [2.05, 4.69) is 9.84 Å². The Kier molecular flexibility index (Phi) is 3.76. The molecule has 0 fully saturated rings. The second kappa shape index (κ2) is 5.30. The van der Waals surface area contributed by atoms with Gasteiger partial charge in [-0.25, -0.2) is 0 Å². The first-order valence-electron chi connectivity index (χ1n) is 5.07. The maximum Gasteiger partial charge on any atom is 0.316 e. The lowest BCUT2D eigenvalue weighted by Crippen LogP contribution is -2.20. The van der Waals surface area contributed by atoms with Gasteiger partial charge in [-0.3, -0.25) is 19.5 Å². The number of rotatable bonds is 5. The van der Waals surface area contributed by atoms with Gasteiger partial charge in [0.2, 0.25) is 0 Å². The summed E-state index contributed by atoms with van der Waals surface area (Å²) >= 11 is 0. The van der Waals surface area contributed by atoms with E-state index in [1.165, 1.54) is 6.07 Å². The van der Waals surface area contributed by atoms with Crippen molar-refractivity contribution in [3.05, 3.63) is 29.3 Å². The molecule has 0 aromatic heterocycles. The Balaban J connectivity index is 2.08. The van der Waals surface area contributed by atoms with Crippen molar-refractivity contribution in [1.82, 2.24) is 5.32 Å². The molecule has 18 heavy (non-hydrogen) atoms. The highest BCUT2D eigenvalue weighted by molar-refractivity contribution is 7.32. The van der Waals surface area contributed by atoms with E-state index in [9.17, 15) is 14.2 Å². The molecule has 1 unspecified atom stereocenters. The fourth-order valence-corrected chi connectivity index (χ4v) is 1.85. The average molecular weight is 271 g/mol. The number of fused-ring (bicyclic) bond motifs is 1. The molecular formula is C10H10NO6P. The number of carbonyl (C=O) groups is 2. The minimum atomic E-state index is -2.98. The summed E-state index contributed by atoms with van der Waals surface area (Å²) in [6.45, 7) is -0.0670. The molecule has 0 saturated heterocycles. The van der Waals surface area contributed by atoms with Crippen molar-refractivity contribution >= 4 is 20.1 Å². The number of hydrogen-bond acceptors (Lipinski definition) is 5. The molecule has 2 amide bonds. The van der Waals surface area contributed by atoms with Gasteiger partial charge in [0.1, 0.15) is 12.4 Å². The quantitative estimate of drug-likeness (QED) is 0.455. The molecule has 1 heterocycles. The van der Waals surface area contributed by atoms with Crippen LogP contribution >= 0.6 is 8.25 Å². The van der Waals surface area contributed by atoms with Crippen LogP contribution in [0.25, 0.3) is 0 Å². The molecule has 1 aliphatic rings. The largest absolute Gasteiger partial charge is 0.490 e. The highest BCUT2D eigenvalue weighted by atomic mass is 31.1. The number of imide groups is 1. The predicted octanol–water partition coefficient (Wildman–Crippen LogP) is 0.348. The van der Waals surface area contributed by atoms with E-state index < -0.39 is 20.1 Å². The third kappa shape index (κ3) is 2.59. The van der Waals surface area contributed by atoms with Crippen LogP contribution in [0.3, 0.4) is 0 Å². The van der Waals surface area contributed by atoms with Gasteiger partial charge in [-0.05, 0) is 12.1 Å². The summed E-state index contributed by atoms with van der Waals surface area (Å²) in [6, 6.07) is 4.65. The maximum absolute atomic E-state index is 11.5. The molecule has 0 spiro atoms. The molecule has 0 radical (unpaired) electrons. The minimum Gasteiger partial charge on any atom is -0.490 e. The topological polar surface area (TPSA) is 102 Å². The number of ether oxygens (including phenoxy) is 1. The summed E-state index contributed by atoms with van der Waals surface area (Å²) in [5.41, 5.74) is 0.438. The summed E-state index contributed by atoms with van der Waals surface area (Å²) in [7, 11) is -2.98. The summed E-state index contributed by atoms with van der Waals surface area (Å²) in [4.78, 5) is 31.3. The van der Waals surface area contributed by atoms with Crippen molar-refractivity contribution < 1.29 is 28.3 Å². The van der Waals surface area contributed by atoms with Crippen molar-refractivity contribution in [2.75, 3.05) is 13.2 Å². The SMILES string of the molecule is O=C1NC(=O)c2c(OCCO[PH](=O)O)cccc21. The molecule has 1 aromatic carbocycles. The summed E-state index contributed by atoms with van der Waals surface area (Å²) in [5, 5.41) is 2.16. The first-order chi connectivity index (χ1) is 8.59. The monoisotopic (exact) mass is 271 g/mol. The molecule has 1 atom stereocenters. The Bertz CT molecular complexity index is 529. The van der Waals surface area contributed by atoms with Crippen molar-refractivity contribution in [1.29, 1.82) is 0 Å². The lowest BCUT2D eigenvalue weighted by Gasteiger charge is -2.08. The van der Waals surface area contributed by atoms with Crippen LogP contribution in [0.1, 0.15) is 20.7 Å². The summed E-state index contributed by atoms with van der Waals surface area (Å²) in [5.74, 6) is -0.726. The van der Waals surface area contributed by atoms with Gasteiger partial charge in [0, 0.05) is 0 Å². The highest BCUT2D eigenvalue weighted by Gasteiger charge is 2.29. The molecule has 0 saturated carbocycles. The van der Waals surface area contributed by atoms with Crippen molar-refractivity contribution in [2.45, 2.75) is 0 Å².